The van der Waals surface area contributed by atoms with E-state index in [1.54, 1.807) is 6.33 Å². The van der Waals surface area contributed by atoms with Crippen LogP contribution in [0, 0.1) is 0 Å². The lowest BCUT2D eigenvalue weighted by Gasteiger charge is -2.55. The number of hydrogen-bond donors (Lipinski definition) is 2. The molecule has 2 N–H and O–H groups in total. The predicted molar refractivity (Wildman–Crippen MR) is 95.3 cm³/mol. The third-order valence-corrected chi connectivity index (χ3v) is 5.49. The number of aromatic amines is 1. The number of anilines is 1. The molecule has 4 rings (SSSR count). The van der Waals surface area contributed by atoms with Crippen LogP contribution in [-0.2, 0) is 4.79 Å². The highest BCUT2D eigenvalue weighted by Gasteiger charge is 2.48. The lowest BCUT2D eigenvalue weighted by Crippen LogP contribution is -2.62. The molecule has 8 heteroatoms. The highest BCUT2D eigenvalue weighted by molar-refractivity contribution is 5.86. The monoisotopic (exact) mass is 343 g/mol. The zero-order valence-electron chi connectivity index (χ0n) is 14.8. The second kappa shape index (κ2) is 6.25. The van der Waals surface area contributed by atoms with E-state index in [2.05, 4.69) is 30.4 Å². The molecule has 1 spiro atoms. The van der Waals surface area contributed by atoms with Crippen LogP contribution in [0.15, 0.2) is 12.5 Å². The Morgan fingerprint density at radius 3 is 3.00 bits per heavy atom. The summed E-state index contributed by atoms with van der Waals surface area (Å²) < 4.78 is 0. The minimum atomic E-state index is 0.104. The number of carbonyl (C=O) groups excluding carboxylic acids is 1. The molecule has 1 aliphatic carbocycles. The molecule has 2 aromatic heterocycles. The molecule has 2 aromatic rings. The summed E-state index contributed by atoms with van der Waals surface area (Å²) in [5.74, 6) is 1.08. The van der Waals surface area contributed by atoms with E-state index in [1.807, 2.05) is 25.2 Å². The van der Waals surface area contributed by atoms with Gasteiger partial charge in [-0.15, -0.1) is 0 Å². The Morgan fingerprint density at radius 1 is 1.44 bits per heavy atom. The van der Waals surface area contributed by atoms with Crippen LogP contribution < -0.4 is 10.2 Å². The first-order valence-corrected chi connectivity index (χ1v) is 8.93. The number of nitrogens with one attached hydrogen (secondary N) is 2. The van der Waals surface area contributed by atoms with Gasteiger partial charge in [0.05, 0.1) is 18.1 Å². The van der Waals surface area contributed by atoms with Crippen molar-refractivity contribution in [2.75, 3.05) is 32.1 Å². The zero-order valence-corrected chi connectivity index (χ0v) is 14.8. The smallest absolute Gasteiger partial charge is 0.234 e. The normalized spacial score (nSPS) is 22.4. The van der Waals surface area contributed by atoms with Gasteiger partial charge in [-0.25, -0.2) is 9.97 Å². The van der Waals surface area contributed by atoms with E-state index in [0.29, 0.717) is 6.54 Å². The number of nitrogens with zero attached hydrogens (tertiary/aromatic N) is 5. The molecule has 8 nitrogen and oxygen atoms in total. The van der Waals surface area contributed by atoms with Gasteiger partial charge < -0.3 is 15.1 Å². The van der Waals surface area contributed by atoms with Gasteiger partial charge in [0.2, 0.25) is 5.91 Å². The molecule has 1 saturated heterocycles. The summed E-state index contributed by atoms with van der Waals surface area (Å²) in [5.41, 5.74) is 0.883. The van der Waals surface area contributed by atoms with Crippen LogP contribution >= 0.6 is 0 Å². The second-order valence-electron chi connectivity index (χ2n) is 7.55. The van der Waals surface area contributed by atoms with Crippen molar-refractivity contribution in [2.24, 2.45) is 0 Å². The SMILES string of the molecule is CN(C)CC(=O)NC1CCN(c2ncnc3[nH]ncc23)C2(CCC2)C1. The number of hydrogen-bond acceptors (Lipinski definition) is 6. The maximum Gasteiger partial charge on any atom is 0.234 e. The molecule has 1 amide bonds. The van der Waals surface area contributed by atoms with Crippen LogP contribution in [0.25, 0.3) is 11.0 Å². The highest BCUT2D eigenvalue weighted by Crippen LogP contribution is 2.47. The number of aromatic nitrogens is 4. The molecule has 1 atom stereocenters. The Morgan fingerprint density at radius 2 is 2.28 bits per heavy atom. The minimum absolute atomic E-state index is 0.104. The van der Waals surface area contributed by atoms with Crippen molar-refractivity contribution in [3.63, 3.8) is 0 Å². The second-order valence-corrected chi connectivity index (χ2v) is 7.55. The Bertz CT molecular complexity index is 767. The average molecular weight is 343 g/mol. The van der Waals surface area contributed by atoms with Gasteiger partial charge in [-0.05, 0) is 46.2 Å². The molecule has 1 saturated carbocycles. The fourth-order valence-corrected chi connectivity index (χ4v) is 4.23. The topological polar surface area (TPSA) is 90.0 Å². The fraction of sp³-hybridized carbons (Fsp3) is 0.647. The van der Waals surface area contributed by atoms with E-state index in [0.717, 1.165) is 49.1 Å². The number of likely N-dealkylation sites (N-methyl/N-ethyl adjacent to an activating group) is 1. The van der Waals surface area contributed by atoms with Crippen LogP contribution in [0.4, 0.5) is 5.82 Å². The predicted octanol–water partition coefficient (Wildman–Crippen LogP) is 0.922. The van der Waals surface area contributed by atoms with Gasteiger partial charge in [0, 0.05) is 18.1 Å². The third-order valence-electron chi connectivity index (χ3n) is 5.49. The summed E-state index contributed by atoms with van der Waals surface area (Å²) in [7, 11) is 3.84. The summed E-state index contributed by atoms with van der Waals surface area (Å²) >= 11 is 0. The number of fused-ring (bicyclic) bond motifs is 1. The lowest BCUT2D eigenvalue weighted by atomic mass is 9.68. The van der Waals surface area contributed by atoms with Gasteiger partial charge in [-0.3, -0.25) is 9.89 Å². The Balaban J connectivity index is 1.54. The maximum atomic E-state index is 12.1. The molecular formula is C17H25N7O. The first kappa shape index (κ1) is 16.3. The number of amides is 1. The molecule has 25 heavy (non-hydrogen) atoms. The molecule has 2 aliphatic rings. The molecule has 3 heterocycles. The zero-order chi connectivity index (χ0) is 17.4. The van der Waals surface area contributed by atoms with Crippen LogP contribution in [0.2, 0.25) is 0 Å². The van der Waals surface area contributed by atoms with Crippen molar-refractivity contribution in [1.29, 1.82) is 0 Å². The summed E-state index contributed by atoms with van der Waals surface area (Å²) in [5, 5.41) is 11.2. The highest BCUT2D eigenvalue weighted by atomic mass is 16.2. The van der Waals surface area contributed by atoms with E-state index < -0.39 is 0 Å². The Labute approximate surface area is 147 Å². The van der Waals surface area contributed by atoms with Gasteiger partial charge in [0.25, 0.3) is 0 Å². The van der Waals surface area contributed by atoms with E-state index in [1.165, 1.54) is 6.42 Å². The van der Waals surface area contributed by atoms with Crippen LogP contribution in [0.3, 0.4) is 0 Å². The lowest BCUT2D eigenvalue weighted by molar-refractivity contribution is -0.122. The van der Waals surface area contributed by atoms with E-state index in [4.69, 9.17) is 0 Å². The molecule has 2 fully saturated rings. The van der Waals surface area contributed by atoms with Crippen molar-refractivity contribution in [2.45, 2.75) is 43.7 Å². The van der Waals surface area contributed by atoms with E-state index >= 15 is 0 Å². The molecule has 1 unspecified atom stereocenters. The Hall–Kier alpha value is -2.22. The van der Waals surface area contributed by atoms with Gasteiger partial charge in [0.1, 0.15) is 12.1 Å². The standard InChI is InChI=1S/C17H25N7O/c1-23(2)10-14(25)21-12-4-7-24(17(8-12)5-3-6-17)16-13-9-20-22-15(13)18-11-19-16/h9,11-12H,3-8,10H2,1-2H3,(H,21,25)(H,18,19,20,22). The van der Waals surface area contributed by atoms with Crippen molar-refractivity contribution in [3.05, 3.63) is 12.5 Å². The van der Waals surface area contributed by atoms with E-state index in [9.17, 15) is 4.79 Å². The van der Waals surface area contributed by atoms with Gasteiger partial charge in [-0.1, -0.05) is 0 Å². The summed E-state index contributed by atoms with van der Waals surface area (Å²) in [4.78, 5) is 25.3. The Kier molecular flexibility index (Phi) is 4.07. The molecule has 1 aliphatic heterocycles. The minimum Gasteiger partial charge on any atom is -0.352 e. The first-order chi connectivity index (χ1) is 12.1. The number of H-pyrrole nitrogens is 1. The van der Waals surface area contributed by atoms with Crippen molar-refractivity contribution < 1.29 is 4.79 Å². The van der Waals surface area contributed by atoms with Crippen molar-refractivity contribution in [1.82, 2.24) is 30.4 Å². The average Bonchev–Trinajstić information content (AvgIpc) is 3.01. The number of rotatable bonds is 4. The quantitative estimate of drug-likeness (QED) is 0.858. The molecule has 0 radical (unpaired) electrons. The summed E-state index contributed by atoms with van der Waals surface area (Å²) in [6.45, 7) is 1.33. The molecule has 134 valence electrons. The number of carbonyl (C=O) groups is 1. The van der Waals surface area contributed by atoms with Gasteiger partial charge in [-0.2, -0.15) is 5.10 Å². The van der Waals surface area contributed by atoms with Gasteiger partial charge in [0.15, 0.2) is 5.65 Å². The molecular weight excluding hydrogens is 318 g/mol. The molecule has 0 bridgehead atoms. The van der Waals surface area contributed by atoms with Crippen molar-refractivity contribution in [3.8, 4) is 0 Å². The molecule has 0 aromatic carbocycles. The maximum absolute atomic E-state index is 12.1. The largest absolute Gasteiger partial charge is 0.352 e. The van der Waals surface area contributed by atoms with Crippen LogP contribution in [-0.4, -0.2) is 69.7 Å². The van der Waals surface area contributed by atoms with Crippen molar-refractivity contribution >= 4 is 22.8 Å². The summed E-state index contributed by atoms with van der Waals surface area (Å²) in [6, 6.07) is 0.241. The third kappa shape index (κ3) is 2.95. The van der Waals surface area contributed by atoms with E-state index in [-0.39, 0.29) is 17.5 Å². The summed E-state index contributed by atoms with van der Waals surface area (Å²) in [6.07, 6.45) is 8.86. The van der Waals surface area contributed by atoms with Crippen LogP contribution in [0.1, 0.15) is 32.1 Å². The van der Waals surface area contributed by atoms with Crippen LogP contribution in [0.5, 0.6) is 0 Å². The number of piperidine rings is 1. The van der Waals surface area contributed by atoms with Gasteiger partial charge >= 0.3 is 0 Å². The fourth-order valence-electron chi connectivity index (χ4n) is 4.23. The first-order valence-electron chi connectivity index (χ1n) is 8.93.